The van der Waals surface area contributed by atoms with E-state index in [1.807, 2.05) is 18.2 Å². The van der Waals surface area contributed by atoms with Crippen molar-refractivity contribution < 1.29 is 23.8 Å². The number of fused-ring (bicyclic) bond motifs is 3. The van der Waals surface area contributed by atoms with Crippen molar-refractivity contribution in [2.45, 2.75) is 57.1 Å². The minimum absolute atomic E-state index is 0.0128. The SMILES string of the molecule is N#Cc1ccc(COc2ncccc2N2CC3CCC(C2)N3Cc2nc3ccc(C(=O)O)cc3n2C[C@@H]2CCO2)c(F)c1. The number of nitrogens with zero attached hydrogens (tertiary/aromatic N) is 6. The van der Waals surface area contributed by atoms with Crippen molar-refractivity contribution in [3.05, 3.63) is 83.1 Å². The number of halogens is 1. The van der Waals surface area contributed by atoms with Crippen molar-refractivity contribution in [3.63, 3.8) is 0 Å². The average Bonchev–Trinajstić information content (AvgIpc) is 3.44. The number of rotatable bonds is 9. The Morgan fingerprint density at radius 3 is 2.65 bits per heavy atom. The molecule has 3 saturated heterocycles. The largest absolute Gasteiger partial charge is 0.478 e. The van der Waals surface area contributed by atoms with Gasteiger partial charge in [0, 0.05) is 43.5 Å². The van der Waals surface area contributed by atoms with E-state index in [0.29, 0.717) is 36.6 Å². The molecule has 3 fully saturated rings. The highest BCUT2D eigenvalue weighted by atomic mass is 19.1. The number of hydrogen-bond donors (Lipinski definition) is 1. The van der Waals surface area contributed by atoms with Crippen molar-refractivity contribution in [1.82, 2.24) is 19.4 Å². The lowest BCUT2D eigenvalue weighted by atomic mass is 10.1. The van der Waals surface area contributed by atoms with Gasteiger partial charge in [0.1, 0.15) is 18.2 Å². The molecule has 3 atom stereocenters. The Kier molecular flexibility index (Phi) is 7.16. The molecule has 3 aliphatic rings. The quantitative estimate of drug-likeness (QED) is 0.307. The first-order chi connectivity index (χ1) is 21.0. The van der Waals surface area contributed by atoms with Crippen LogP contribution in [0.25, 0.3) is 11.0 Å². The van der Waals surface area contributed by atoms with E-state index in [9.17, 15) is 14.3 Å². The molecule has 2 aromatic carbocycles. The van der Waals surface area contributed by atoms with E-state index in [1.165, 1.54) is 6.07 Å². The van der Waals surface area contributed by atoms with E-state index in [4.69, 9.17) is 19.7 Å². The first kappa shape index (κ1) is 27.3. The highest BCUT2D eigenvalue weighted by molar-refractivity contribution is 5.92. The zero-order valence-corrected chi connectivity index (χ0v) is 23.5. The molecule has 3 aliphatic heterocycles. The molecule has 0 spiro atoms. The molecule has 2 aromatic heterocycles. The third kappa shape index (κ3) is 5.28. The highest BCUT2D eigenvalue weighted by Gasteiger charge is 2.41. The van der Waals surface area contributed by atoms with Crippen molar-refractivity contribution in [2.75, 3.05) is 24.6 Å². The van der Waals surface area contributed by atoms with Gasteiger partial charge in [0.05, 0.1) is 53.1 Å². The molecule has 0 aliphatic carbocycles. The van der Waals surface area contributed by atoms with Crippen molar-refractivity contribution in [3.8, 4) is 11.9 Å². The van der Waals surface area contributed by atoms with Gasteiger partial charge in [-0.05, 0) is 61.7 Å². The Morgan fingerprint density at radius 1 is 1.14 bits per heavy atom. The number of pyridine rings is 1. The summed E-state index contributed by atoms with van der Waals surface area (Å²) in [6, 6.07) is 15.9. The van der Waals surface area contributed by atoms with Crippen LogP contribution < -0.4 is 9.64 Å². The van der Waals surface area contributed by atoms with Gasteiger partial charge in [-0.15, -0.1) is 0 Å². The number of imidazole rings is 1. The number of piperazine rings is 1. The van der Waals surface area contributed by atoms with E-state index in [-0.39, 0.29) is 23.8 Å². The molecule has 10 nitrogen and oxygen atoms in total. The summed E-state index contributed by atoms with van der Waals surface area (Å²) in [7, 11) is 0. The molecule has 7 rings (SSSR count). The fourth-order valence-electron chi connectivity index (χ4n) is 6.48. The lowest BCUT2D eigenvalue weighted by Crippen LogP contribution is -2.53. The standard InChI is InChI=1S/C32H31FN6O4/c33-26-12-20(14-34)3-4-22(26)19-43-31-28(2-1-10-35-31)37-15-23-6-7-24(16-37)38(23)18-30-36-27-8-5-21(32(40)41)13-29(27)39(30)17-25-9-11-42-25/h1-5,8,10,12-13,23-25H,6-7,9,11,15-19H2,(H,40,41)/t23?,24?,25-/m0/s1. The van der Waals surface area contributed by atoms with Crippen LogP contribution in [0.5, 0.6) is 5.88 Å². The van der Waals surface area contributed by atoms with Crippen LogP contribution in [0, 0.1) is 17.1 Å². The van der Waals surface area contributed by atoms with Gasteiger partial charge in [-0.1, -0.05) is 6.07 Å². The van der Waals surface area contributed by atoms with E-state index >= 15 is 0 Å². The van der Waals surface area contributed by atoms with Gasteiger partial charge in [-0.25, -0.2) is 19.2 Å². The Morgan fingerprint density at radius 2 is 1.95 bits per heavy atom. The van der Waals surface area contributed by atoms with E-state index < -0.39 is 11.8 Å². The summed E-state index contributed by atoms with van der Waals surface area (Å²) in [5, 5.41) is 18.6. The molecule has 1 N–H and O–H groups in total. The van der Waals surface area contributed by atoms with Crippen LogP contribution in [0.1, 0.15) is 46.6 Å². The van der Waals surface area contributed by atoms with Crippen LogP contribution in [-0.2, 0) is 24.4 Å². The number of aromatic carboxylic acids is 1. The molecule has 5 heterocycles. The van der Waals surface area contributed by atoms with Gasteiger partial charge in [-0.3, -0.25) is 4.90 Å². The van der Waals surface area contributed by atoms with Crippen LogP contribution in [0.15, 0.2) is 54.7 Å². The Hall–Kier alpha value is -4.53. The highest BCUT2D eigenvalue weighted by Crippen LogP contribution is 2.37. The second-order valence-corrected chi connectivity index (χ2v) is 11.4. The van der Waals surface area contributed by atoms with E-state index in [1.54, 1.807) is 36.5 Å². The lowest BCUT2D eigenvalue weighted by molar-refractivity contribution is -0.0592. The fraction of sp³-hybridized carbons (Fsp3) is 0.375. The molecule has 2 bridgehead atoms. The molecule has 4 aromatic rings. The topological polar surface area (TPSA) is 117 Å². The maximum absolute atomic E-state index is 14.5. The number of carbonyl (C=O) groups is 1. The third-order valence-corrected chi connectivity index (χ3v) is 8.85. The zero-order valence-electron chi connectivity index (χ0n) is 23.5. The van der Waals surface area contributed by atoms with Crippen molar-refractivity contribution in [2.24, 2.45) is 0 Å². The second kappa shape index (κ2) is 11.3. The lowest BCUT2D eigenvalue weighted by Gasteiger charge is -2.42. The number of aromatic nitrogens is 3. The minimum Gasteiger partial charge on any atom is -0.478 e. The van der Waals surface area contributed by atoms with Gasteiger partial charge >= 0.3 is 5.97 Å². The van der Waals surface area contributed by atoms with Gasteiger partial charge < -0.3 is 24.0 Å². The van der Waals surface area contributed by atoms with E-state index in [2.05, 4.69) is 19.4 Å². The molecule has 43 heavy (non-hydrogen) atoms. The first-order valence-electron chi connectivity index (χ1n) is 14.6. The van der Waals surface area contributed by atoms with Gasteiger partial charge in [0.2, 0.25) is 5.88 Å². The molecule has 0 amide bonds. The van der Waals surface area contributed by atoms with Gasteiger partial charge in [0.15, 0.2) is 0 Å². The maximum atomic E-state index is 14.5. The zero-order chi connectivity index (χ0) is 29.5. The first-order valence-corrected chi connectivity index (χ1v) is 14.6. The molecular weight excluding hydrogens is 551 g/mol. The van der Waals surface area contributed by atoms with Crippen LogP contribution in [0.4, 0.5) is 10.1 Å². The van der Waals surface area contributed by atoms with Crippen LogP contribution in [-0.4, -0.2) is 68.4 Å². The number of nitriles is 1. The minimum atomic E-state index is -0.953. The number of hydrogen-bond acceptors (Lipinski definition) is 8. The molecule has 0 radical (unpaired) electrons. The third-order valence-electron chi connectivity index (χ3n) is 8.85. The van der Waals surface area contributed by atoms with Gasteiger partial charge in [0.25, 0.3) is 0 Å². The number of ether oxygens (including phenoxy) is 2. The van der Waals surface area contributed by atoms with Crippen molar-refractivity contribution >= 4 is 22.7 Å². The average molecular weight is 583 g/mol. The van der Waals surface area contributed by atoms with Crippen molar-refractivity contribution in [1.29, 1.82) is 5.26 Å². The normalized spacial score (nSPS) is 21.5. The summed E-state index contributed by atoms with van der Waals surface area (Å²) < 4.78 is 28.4. The monoisotopic (exact) mass is 582 g/mol. The molecule has 2 unspecified atom stereocenters. The Balaban J connectivity index is 1.09. The maximum Gasteiger partial charge on any atom is 0.335 e. The summed E-state index contributed by atoms with van der Waals surface area (Å²) in [5.74, 6) is -0.0489. The number of carboxylic acid groups (broad SMARTS) is 1. The Bertz CT molecular complexity index is 1720. The predicted molar refractivity (Wildman–Crippen MR) is 155 cm³/mol. The molecule has 11 heteroatoms. The van der Waals surface area contributed by atoms with Gasteiger partial charge in [-0.2, -0.15) is 5.26 Å². The number of carboxylic acids is 1. The summed E-state index contributed by atoms with van der Waals surface area (Å²) in [5.41, 5.74) is 3.38. The van der Waals surface area contributed by atoms with Crippen LogP contribution >= 0.6 is 0 Å². The van der Waals surface area contributed by atoms with E-state index in [0.717, 1.165) is 61.5 Å². The predicted octanol–water partition coefficient (Wildman–Crippen LogP) is 4.36. The summed E-state index contributed by atoms with van der Waals surface area (Å²) in [4.78, 5) is 25.9. The van der Waals surface area contributed by atoms with Crippen LogP contribution in [0.3, 0.4) is 0 Å². The smallest absolute Gasteiger partial charge is 0.335 e. The summed E-state index contributed by atoms with van der Waals surface area (Å²) >= 11 is 0. The fourth-order valence-corrected chi connectivity index (χ4v) is 6.48. The molecule has 0 saturated carbocycles. The van der Waals surface area contributed by atoms with Crippen LogP contribution in [0.2, 0.25) is 0 Å². The number of anilines is 1. The summed E-state index contributed by atoms with van der Waals surface area (Å²) in [6.07, 6.45) is 4.88. The Labute approximate surface area is 247 Å². The number of benzene rings is 2. The second-order valence-electron chi connectivity index (χ2n) is 11.4. The summed E-state index contributed by atoms with van der Waals surface area (Å²) in [6.45, 7) is 3.67. The molecular formula is C32H31FN6O4. The molecule has 220 valence electrons.